The third-order valence-corrected chi connectivity index (χ3v) is 3.86. The fraction of sp³-hybridized carbons (Fsp3) is 0.714. The molecular weight excluding hydrogens is 295 g/mol. The van der Waals surface area contributed by atoms with E-state index in [1.165, 1.54) is 0 Å². The van der Waals surface area contributed by atoms with Crippen molar-refractivity contribution in [2.75, 3.05) is 51.1 Å². The van der Waals surface area contributed by atoms with Crippen LogP contribution >= 0.6 is 0 Å². The standard InChI is InChI=1S/C14H22F3N5/c1-20(2)10-6-5-7-22(9-10)13-18-11(14(15,16)17)8-12(19-13)21(3)4/h8,10H,5-7,9H2,1-4H3. The zero-order valence-corrected chi connectivity index (χ0v) is 13.4. The number of anilines is 2. The molecule has 5 nitrogen and oxygen atoms in total. The molecule has 0 radical (unpaired) electrons. The molecule has 124 valence electrons. The average molecular weight is 317 g/mol. The summed E-state index contributed by atoms with van der Waals surface area (Å²) in [6.45, 7) is 1.32. The summed E-state index contributed by atoms with van der Waals surface area (Å²) in [6.07, 6.45) is -2.53. The molecule has 1 saturated heterocycles. The van der Waals surface area contributed by atoms with Gasteiger partial charge in [0.1, 0.15) is 5.82 Å². The predicted octanol–water partition coefficient (Wildman–Crippen LogP) is 2.09. The summed E-state index contributed by atoms with van der Waals surface area (Å²) in [4.78, 5) is 13.5. The van der Waals surface area contributed by atoms with Gasteiger partial charge >= 0.3 is 6.18 Å². The molecule has 0 spiro atoms. The molecule has 0 amide bonds. The van der Waals surface area contributed by atoms with Gasteiger partial charge in [0.25, 0.3) is 0 Å². The Morgan fingerprint density at radius 3 is 2.41 bits per heavy atom. The van der Waals surface area contributed by atoms with Crippen LogP contribution in [0.15, 0.2) is 6.07 Å². The first-order valence-corrected chi connectivity index (χ1v) is 7.23. The van der Waals surface area contributed by atoms with Gasteiger partial charge in [-0.1, -0.05) is 0 Å². The van der Waals surface area contributed by atoms with E-state index in [9.17, 15) is 13.2 Å². The van der Waals surface area contributed by atoms with Crippen LogP contribution in [0.1, 0.15) is 18.5 Å². The second-order valence-corrected chi connectivity index (χ2v) is 6.01. The number of nitrogens with zero attached hydrogens (tertiary/aromatic N) is 5. The van der Waals surface area contributed by atoms with E-state index in [-0.39, 0.29) is 11.8 Å². The lowest BCUT2D eigenvalue weighted by Gasteiger charge is -2.36. The van der Waals surface area contributed by atoms with Gasteiger partial charge in [-0.2, -0.15) is 18.2 Å². The van der Waals surface area contributed by atoms with Crippen molar-refractivity contribution in [2.24, 2.45) is 0 Å². The molecule has 22 heavy (non-hydrogen) atoms. The molecule has 1 aromatic heterocycles. The number of hydrogen-bond donors (Lipinski definition) is 0. The van der Waals surface area contributed by atoms with Crippen LogP contribution in [-0.4, -0.2) is 62.2 Å². The van der Waals surface area contributed by atoms with Crippen molar-refractivity contribution in [3.63, 3.8) is 0 Å². The number of rotatable bonds is 3. The quantitative estimate of drug-likeness (QED) is 0.853. The van der Waals surface area contributed by atoms with Crippen molar-refractivity contribution in [2.45, 2.75) is 25.1 Å². The molecule has 1 aliphatic heterocycles. The Balaban J connectivity index is 2.35. The highest BCUT2D eigenvalue weighted by Gasteiger charge is 2.35. The van der Waals surface area contributed by atoms with Crippen LogP contribution in [-0.2, 0) is 6.18 Å². The Kier molecular flexibility index (Phi) is 4.79. The van der Waals surface area contributed by atoms with Gasteiger partial charge < -0.3 is 14.7 Å². The number of aromatic nitrogens is 2. The summed E-state index contributed by atoms with van der Waals surface area (Å²) >= 11 is 0. The van der Waals surface area contributed by atoms with E-state index < -0.39 is 11.9 Å². The second kappa shape index (κ2) is 6.28. The lowest BCUT2D eigenvalue weighted by Crippen LogP contribution is -2.46. The summed E-state index contributed by atoms with van der Waals surface area (Å²) in [5, 5.41) is 0. The molecule has 0 aliphatic carbocycles. The van der Waals surface area contributed by atoms with Crippen molar-refractivity contribution < 1.29 is 13.2 Å². The fourth-order valence-electron chi connectivity index (χ4n) is 2.50. The SMILES string of the molecule is CN(C)c1cc(C(F)(F)F)nc(N2CCCC(N(C)C)C2)n1. The molecule has 1 aromatic rings. The van der Waals surface area contributed by atoms with Gasteiger partial charge in [0.2, 0.25) is 5.95 Å². The Morgan fingerprint density at radius 1 is 1.18 bits per heavy atom. The minimum atomic E-state index is -4.47. The molecule has 2 heterocycles. The normalized spacial score (nSPS) is 19.6. The Morgan fingerprint density at radius 2 is 1.86 bits per heavy atom. The molecule has 2 rings (SSSR count). The minimum Gasteiger partial charge on any atom is -0.363 e. The summed E-state index contributed by atoms with van der Waals surface area (Å²) in [5.41, 5.74) is -0.895. The van der Waals surface area contributed by atoms with E-state index in [1.54, 1.807) is 19.0 Å². The lowest BCUT2D eigenvalue weighted by atomic mass is 10.1. The third-order valence-electron chi connectivity index (χ3n) is 3.86. The van der Waals surface area contributed by atoms with Gasteiger partial charge in [0, 0.05) is 39.3 Å². The van der Waals surface area contributed by atoms with E-state index in [2.05, 4.69) is 14.9 Å². The van der Waals surface area contributed by atoms with Crippen molar-refractivity contribution in [3.8, 4) is 0 Å². The average Bonchev–Trinajstić information content (AvgIpc) is 2.46. The van der Waals surface area contributed by atoms with E-state index >= 15 is 0 Å². The van der Waals surface area contributed by atoms with E-state index in [0.717, 1.165) is 18.9 Å². The molecule has 0 saturated carbocycles. The number of piperidine rings is 1. The van der Waals surface area contributed by atoms with E-state index in [4.69, 9.17) is 0 Å². The van der Waals surface area contributed by atoms with Crippen LogP contribution in [0, 0.1) is 0 Å². The number of hydrogen-bond acceptors (Lipinski definition) is 5. The predicted molar refractivity (Wildman–Crippen MR) is 80.3 cm³/mol. The van der Waals surface area contributed by atoms with Crippen molar-refractivity contribution >= 4 is 11.8 Å². The summed E-state index contributed by atoms with van der Waals surface area (Å²) in [7, 11) is 7.30. The highest BCUT2D eigenvalue weighted by atomic mass is 19.4. The first-order chi connectivity index (χ1) is 10.2. The fourth-order valence-corrected chi connectivity index (χ4v) is 2.50. The molecule has 1 aliphatic rings. The van der Waals surface area contributed by atoms with Gasteiger partial charge in [0.15, 0.2) is 5.69 Å². The summed E-state index contributed by atoms with van der Waals surface area (Å²) in [5.74, 6) is 0.425. The van der Waals surface area contributed by atoms with Crippen LogP contribution in [0.3, 0.4) is 0 Å². The summed E-state index contributed by atoms with van der Waals surface area (Å²) in [6, 6.07) is 1.28. The summed E-state index contributed by atoms with van der Waals surface area (Å²) < 4.78 is 39.1. The largest absolute Gasteiger partial charge is 0.433 e. The zero-order valence-electron chi connectivity index (χ0n) is 13.4. The number of likely N-dealkylation sites (N-methyl/N-ethyl adjacent to an activating group) is 1. The van der Waals surface area contributed by atoms with Gasteiger partial charge in [-0.05, 0) is 26.9 Å². The third kappa shape index (κ3) is 3.79. The topological polar surface area (TPSA) is 35.5 Å². The van der Waals surface area contributed by atoms with Crippen molar-refractivity contribution in [1.82, 2.24) is 14.9 Å². The Labute approximate surface area is 128 Å². The highest BCUT2D eigenvalue weighted by molar-refractivity contribution is 5.46. The van der Waals surface area contributed by atoms with Gasteiger partial charge in [-0.15, -0.1) is 0 Å². The van der Waals surface area contributed by atoms with Crippen LogP contribution < -0.4 is 9.80 Å². The van der Waals surface area contributed by atoms with Crippen LogP contribution in [0.5, 0.6) is 0 Å². The smallest absolute Gasteiger partial charge is 0.363 e. The van der Waals surface area contributed by atoms with Gasteiger partial charge in [-0.3, -0.25) is 0 Å². The number of halogens is 3. The molecule has 1 fully saturated rings. The van der Waals surface area contributed by atoms with Crippen LogP contribution in [0.4, 0.5) is 24.9 Å². The maximum atomic E-state index is 13.0. The maximum absolute atomic E-state index is 13.0. The first-order valence-electron chi connectivity index (χ1n) is 7.23. The van der Waals surface area contributed by atoms with Gasteiger partial charge in [-0.25, -0.2) is 4.98 Å². The molecule has 1 unspecified atom stereocenters. The molecular formula is C14H22F3N5. The minimum absolute atomic E-state index is 0.157. The molecule has 0 aromatic carbocycles. The molecule has 1 atom stereocenters. The zero-order chi connectivity index (χ0) is 16.5. The number of alkyl halides is 3. The van der Waals surface area contributed by atoms with Gasteiger partial charge in [0.05, 0.1) is 0 Å². The van der Waals surface area contributed by atoms with Crippen LogP contribution in [0.25, 0.3) is 0 Å². The second-order valence-electron chi connectivity index (χ2n) is 6.01. The lowest BCUT2D eigenvalue weighted by molar-refractivity contribution is -0.141. The van der Waals surface area contributed by atoms with E-state index in [0.29, 0.717) is 19.1 Å². The monoisotopic (exact) mass is 317 g/mol. The molecule has 0 bridgehead atoms. The van der Waals surface area contributed by atoms with Crippen molar-refractivity contribution in [3.05, 3.63) is 11.8 Å². The molecule has 8 heteroatoms. The highest BCUT2D eigenvalue weighted by Crippen LogP contribution is 2.31. The molecule has 0 N–H and O–H groups in total. The Hall–Kier alpha value is -1.57. The van der Waals surface area contributed by atoms with E-state index in [1.807, 2.05) is 19.0 Å². The maximum Gasteiger partial charge on any atom is 0.433 e. The van der Waals surface area contributed by atoms with Crippen LogP contribution in [0.2, 0.25) is 0 Å². The van der Waals surface area contributed by atoms with Crippen molar-refractivity contribution in [1.29, 1.82) is 0 Å². The Bertz CT molecular complexity index is 516. The first kappa shape index (κ1) is 16.8.